The maximum absolute atomic E-state index is 3.82. The van der Waals surface area contributed by atoms with E-state index >= 15 is 0 Å². The molecule has 0 aliphatic rings. The second-order valence-electron chi connectivity index (χ2n) is 19.0. The lowest BCUT2D eigenvalue weighted by molar-refractivity contribution is 0.571. The van der Waals surface area contributed by atoms with Crippen LogP contribution < -0.4 is 0 Å². The van der Waals surface area contributed by atoms with Gasteiger partial charge in [0.05, 0.1) is 0 Å². The second-order valence-corrected chi connectivity index (χ2v) is 19.0. The summed E-state index contributed by atoms with van der Waals surface area (Å²) in [4.78, 5) is 0. The highest BCUT2D eigenvalue weighted by Gasteiger charge is 2.12. The first-order chi connectivity index (χ1) is 32.8. The van der Waals surface area contributed by atoms with Crippen LogP contribution in [-0.2, 0) is 19.6 Å². The van der Waals surface area contributed by atoms with Gasteiger partial charge in [-0.3, -0.25) is 0 Å². The highest BCUT2D eigenvalue weighted by Crippen LogP contribution is 2.33. The van der Waals surface area contributed by atoms with Crippen LogP contribution in [0, 0.1) is 20.8 Å². The number of aromatic nitrogens is 3. The van der Waals surface area contributed by atoms with E-state index in [0.717, 1.165) is 26.1 Å². The van der Waals surface area contributed by atoms with Crippen LogP contribution in [0.1, 0.15) is 147 Å². The van der Waals surface area contributed by atoms with Gasteiger partial charge < -0.3 is 13.7 Å². The molecule has 0 radical (unpaired) electrons. The quantitative estimate of drug-likeness (QED) is 0.0567. The largest absolute Gasteiger partial charge is 0.340 e. The number of hydrogen-bond donors (Lipinski definition) is 0. The Morgan fingerprint density at radius 2 is 0.612 bits per heavy atom. The van der Waals surface area contributed by atoms with Gasteiger partial charge in [0.15, 0.2) is 0 Å². The summed E-state index contributed by atoms with van der Waals surface area (Å²) in [5, 5.41) is 8.29. The first-order valence-electron chi connectivity index (χ1n) is 26.4. The molecule has 67 heavy (non-hydrogen) atoms. The van der Waals surface area contributed by atoms with E-state index in [-0.39, 0.29) is 0 Å². The van der Waals surface area contributed by atoms with Crippen LogP contribution in [0.15, 0.2) is 140 Å². The third-order valence-corrected chi connectivity index (χ3v) is 13.5. The summed E-state index contributed by atoms with van der Waals surface area (Å²) in [5.41, 5.74) is 12.2. The van der Waals surface area contributed by atoms with Gasteiger partial charge >= 0.3 is 0 Å². The molecule has 6 aromatic carbocycles. The molecule has 3 aromatic heterocycles. The number of aryl methyl sites for hydroxylation is 6. The molecule has 354 valence electrons. The lowest BCUT2D eigenvalue weighted by Gasteiger charge is -2.07. The van der Waals surface area contributed by atoms with E-state index in [1.54, 1.807) is 0 Å². The Bertz CT molecular complexity index is 2890. The zero-order chi connectivity index (χ0) is 47.4. The molecule has 0 unspecified atom stereocenters. The summed E-state index contributed by atoms with van der Waals surface area (Å²) in [6, 6.07) is 46.6. The molecule has 0 aliphatic carbocycles. The number of fused-ring (bicyclic) bond motifs is 9. The average molecular weight is 894 g/mol. The monoisotopic (exact) mass is 894 g/mol. The molecule has 9 rings (SSSR count). The van der Waals surface area contributed by atoms with Crippen molar-refractivity contribution in [3.05, 3.63) is 157 Å². The van der Waals surface area contributed by atoms with Crippen molar-refractivity contribution in [3.63, 3.8) is 0 Å². The fourth-order valence-corrected chi connectivity index (χ4v) is 9.87. The molecule has 0 atom stereocenters. The SMILES string of the molecule is C=CCCn1c2ccccc2c2cc(C)ccc21.CCCCCCC.CCCCCCCCn1c2ccccc2c2cc(C)ccc21.CCCCCCn1c2ccccc2c2cc(C)ccc21. The molecule has 0 N–H and O–H groups in total. The van der Waals surface area contributed by atoms with E-state index in [0.29, 0.717) is 0 Å². The third-order valence-electron chi connectivity index (χ3n) is 13.5. The lowest BCUT2D eigenvalue weighted by Crippen LogP contribution is -1.97. The molecular formula is C64H83N3. The topological polar surface area (TPSA) is 14.8 Å². The van der Waals surface area contributed by atoms with Crippen LogP contribution >= 0.6 is 0 Å². The number of rotatable bonds is 19. The minimum atomic E-state index is 0.997. The summed E-state index contributed by atoms with van der Waals surface area (Å²) in [5.74, 6) is 0. The minimum absolute atomic E-state index is 0.997. The molecule has 0 spiro atoms. The van der Waals surface area contributed by atoms with Crippen LogP contribution in [0.5, 0.6) is 0 Å². The maximum Gasteiger partial charge on any atom is 0.0491 e. The predicted octanol–water partition coefficient (Wildman–Crippen LogP) is 19.8. The average Bonchev–Trinajstić information content (AvgIpc) is 3.95. The summed E-state index contributed by atoms with van der Waals surface area (Å²) >= 11 is 0. The summed E-state index contributed by atoms with van der Waals surface area (Å²) < 4.78 is 7.41. The highest BCUT2D eigenvalue weighted by atomic mass is 15.0. The predicted molar refractivity (Wildman–Crippen MR) is 299 cm³/mol. The standard InChI is InChI=1S/C21H27N.C19H23N.C17H17N.C7H16/c1-3-4-5-6-7-10-15-22-20-12-9-8-11-18(20)19-16-17(2)13-14-21(19)22;1-3-4-5-8-13-20-18-10-7-6-9-16(18)17-14-15(2)11-12-19(17)20;1-3-4-11-18-16-8-6-5-7-14(16)15-12-13(2)9-10-17(15)18;1-3-5-7-6-4-2/h8-9,11-14,16H,3-7,10,15H2,1-2H3;6-7,9-12,14H,3-5,8,13H2,1-2H3;3,5-10,12H,1,4,11H2,2H3;3-7H2,1-2H3. The normalized spacial score (nSPS) is 11.2. The Kier molecular flexibility index (Phi) is 20.3. The van der Waals surface area contributed by atoms with Gasteiger partial charge in [0.25, 0.3) is 0 Å². The molecular weight excluding hydrogens is 811 g/mol. The Labute approximate surface area is 404 Å². The number of hydrogen-bond acceptors (Lipinski definition) is 0. The molecule has 3 heteroatoms. The molecule has 0 saturated heterocycles. The Hall–Kier alpha value is -5.54. The highest BCUT2D eigenvalue weighted by molar-refractivity contribution is 6.10. The van der Waals surface area contributed by atoms with Gasteiger partial charge in [-0.1, -0.05) is 207 Å². The van der Waals surface area contributed by atoms with Crippen molar-refractivity contribution in [2.24, 2.45) is 0 Å². The number of unbranched alkanes of at least 4 members (excludes halogenated alkanes) is 12. The minimum Gasteiger partial charge on any atom is -0.340 e. The van der Waals surface area contributed by atoms with E-state index in [1.165, 1.54) is 178 Å². The molecule has 0 bridgehead atoms. The lowest BCUT2D eigenvalue weighted by atomic mass is 10.1. The van der Waals surface area contributed by atoms with Crippen molar-refractivity contribution >= 4 is 65.4 Å². The van der Waals surface area contributed by atoms with Gasteiger partial charge in [0.2, 0.25) is 0 Å². The summed E-state index contributed by atoms with van der Waals surface area (Å²) in [7, 11) is 0. The van der Waals surface area contributed by atoms with E-state index in [2.05, 4.69) is 196 Å². The Morgan fingerprint density at radius 3 is 0.970 bits per heavy atom. The van der Waals surface area contributed by atoms with Crippen molar-refractivity contribution in [2.75, 3.05) is 0 Å². The van der Waals surface area contributed by atoms with Crippen LogP contribution in [0.25, 0.3) is 65.4 Å². The number of allylic oxidation sites excluding steroid dienone is 1. The van der Waals surface area contributed by atoms with E-state index < -0.39 is 0 Å². The van der Waals surface area contributed by atoms with Crippen LogP contribution in [0.2, 0.25) is 0 Å². The molecule has 3 nitrogen and oxygen atoms in total. The fraction of sp³-hybridized carbons (Fsp3) is 0.406. The number of benzene rings is 6. The Morgan fingerprint density at radius 1 is 0.328 bits per heavy atom. The van der Waals surface area contributed by atoms with Gasteiger partial charge in [0, 0.05) is 85.1 Å². The molecule has 0 amide bonds. The van der Waals surface area contributed by atoms with E-state index in [4.69, 9.17) is 0 Å². The van der Waals surface area contributed by atoms with Crippen molar-refractivity contribution in [1.82, 2.24) is 13.7 Å². The zero-order valence-corrected chi connectivity index (χ0v) is 42.7. The van der Waals surface area contributed by atoms with E-state index in [1.807, 2.05) is 6.08 Å². The first kappa shape index (κ1) is 50.9. The molecule has 3 heterocycles. The number of nitrogens with zero attached hydrogens (tertiary/aromatic N) is 3. The van der Waals surface area contributed by atoms with Crippen molar-refractivity contribution in [1.29, 1.82) is 0 Å². The van der Waals surface area contributed by atoms with Crippen LogP contribution in [0.4, 0.5) is 0 Å². The first-order valence-corrected chi connectivity index (χ1v) is 26.4. The van der Waals surface area contributed by atoms with E-state index in [9.17, 15) is 0 Å². The molecule has 9 aromatic rings. The van der Waals surface area contributed by atoms with Gasteiger partial charge in [-0.25, -0.2) is 0 Å². The fourth-order valence-electron chi connectivity index (χ4n) is 9.87. The van der Waals surface area contributed by atoms with Crippen LogP contribution in [-0.4, -0.2) is 13.7 Å². The second kappa shape index (κ2) is 26.7. The number of para-hydroxylation sites is 3. The van der Waals surface area contributed by atoms with Gasteiger partial charge in [-0.2, -0.15) is 0 Å². The smallest absolute Gasteiger partial charge is 0.0491 e. The van der Waals surface area contributed by atoms with Gasteiger partial charge in [-0.15, -0.1) is 6.58 Å². The summed E-state index contributed by atoms with van der Waals surface area (Å²) in [6.07, 6.45) is 23.3. The molecule has 0 saturated carbocycles. The van der Waals surface area contributed by atoms with Crippen molar-refractivity contribution < 1.29 is 0 Å². The maximum atomic E-state index is 3.82. The third kappa shape index (κ3) is 13.3. The molecule has 0 aliphatic heterocycles. The molecule has 0 fully saturated rings. The van der Waals surface area contributed by atoms with Gasteiger partial charge in [0.1, 0.15) is 0 Å². The van der Waals surface area contributed by atoms with Crippen molar-refractivity contribution in [2.45, 2.75) is 171 Å². The Balaban J connectivity index is 0.000000155. The van der Waals surface area contributed by atoms with Crippen LogP contribution in [0.3, 0.4) is 0 Å². The van der Waals surface area contributed by atoms with Gasteiger partial charge in [-0.05, 0) is 94.6 Å². The summed E-state index contributed by atoms with van der Waals surface area (Å²) in [6.45, 7) is 22.6. The van der Waals surface area contributed by atoms with Crippen molar-refractivity contribution in [3.8, 4) is 0 Å². The zero-order valence-electron chi connectivity index (χ0n) is 42.7.